The second kappa shape index (κ2) is 7.83. The van der Waals surface area contributed by atoms with E-state index in [4.69, 9.17) is 9.47 Å². The zero-order valence-corrected chi connectivity index (χ0v) is 20.0. The average molecular weight is 452 g/mol. The first-order valence-electron chi connectivity index (χ1n) is 10.9. The number of nitrogens with zero attached hydrogens (tertiary/aromatic N) is 5. The normalized spacial score (nSPS) is 16.1. The minimum absolute atomic E-state index is 0.250. The van der Waals surface area contributed by atoms with Crippen molar-refractivity contribution < 1.29 is 19.1 Å². The van der Waals surface area contributed by atoms with Crippen LogP contribution in [0, 0.1) is 0 Å². The van der Waals surface area contributed by atoms with E-state index >= 15 is 0 Å². The fraction of sp³-hybridized carbons (Fsp3) is 0.458. The summed E-state index contributed by atoms with van der Waals surface area (Å²) in [7, 11) is 0. The highest BCUT2D eigenvalue weighted by Crippen LogP contribution is 2.39. The van der Waals surface area contributed by atoms with Gasteiger partial charge in [0.15, 0.2) is 0 Å². The Balaban J connectivity index is 1.74. The molecule has 4 rings (SSSR count). The first-order valence-corrected chi connectivity index (χ1v) is 10.9. The lowest BCUT2D eigenvalue weighted by atomic mass is 10.0. The number of ether oxygens (including phenoxy) is 2. The van der Waals surface area contributed by atoms with Gasteiger partial charge in [-0.15, -0.1) is 0 Å². The van der Waals surface area contributed by atoms with Crippen LogP contribution in [0.1, 0.15) is 65.8 Å². The molecule has 1 unspecified atom stereocenters. The van der Waals surface area contributed by atoms with Crippen LogP contribution in [-0.2, 0) is 16.0 Å². The molecule has 0 fully saturated rings. The molecule has 3 aromatic heterocycles. The van der Waals surface area contributed by atoms with Crippen molar-refractivity contribution in [2.75, 3.05) is 0 Å². The molecule has 9 nitrogen and oxygen atoms in total. The maximum Gasteiger partial charge on any atom is 0.420 e. The van der Waals surface area contributed by atoms with Gasteiger partial charge < -0.3 is 9.47 Å². The summed E-state index contributed by atoms with van der Waals surface area (Å²) in [4.78, 5) is 40.5. The summed E-state index contributed by atoms with van der Waals surface area (Å²) >= 11 is 0. The third-order valence-corrected chi connectivity index (χ3v) is 5.23. The van der Waals surface area contributed by atoms with Gasteiger partial charge >= 0.3 is 12.2 Å². The Bertz CT molecular complexity index is 1240. The van der Waals surface area contributed by atoms with E-state index in [1.54, 1.807) is 17.3 Å². The summed E-state index contributed by atoms with van der Waals surface area (Å²) in [6.45, 7) is 13.2. The van der Waals surface area contributed by atoms with E-state index in [0.717, 1.165) is 22.2 Å². The Kier molecular flexibility index (Phi) is 5.38. The monoisotopic (exact) mass is 451 g/mol. The van der Waals surface area contributed by atoms with E-state index < -0.39 is 23.4 Å². The molecule has 3 aromatic rings. The Morgan fingerprint density at radius 1 is 0.970 bits per heavy atom. The van der Waals surface area contributed by atoms with Gasteiger partial charge in [0.05, 0.1) is 24.0 Å². The highest BCUT2D eigenvalue weighted by atomic mass is 16.6. The Morgan fingerprint density at radius 3 is 2.30 bits per heavy atom. The van der Waals surface area contributed by atoms with Crippen LogP contribution in [0.4, 0.5) is 9.59 Å². The minimum Gasteiger partial charge on any atom is -0.444 e. The van der Waals surface area contributed by atoms with Crippen molar-refractivity contribution in [3.05, 3.63) is 42.1 Å². The predicted octanol–water partition coefficient (Wildman–Crippen LogP) is 5.09. The van der Waals surface area contributed by atoms with Crippen LogP contribution in [0.5, 0.6) is 0 Å². The third kappa shape index (κ3) is 4.40. The van der Waals surface area contributed by atoms with Gasteiger partial charge in [0.2, 0.25) is 0 Å². The van der Waals surface area contributed by atoms with Crippen LogP contribution >= 0.6 is 0 Å². The van der Waals surface area contributed by atoms with Gasteiger partial charge in [-0.3, -0.25) is 4.90 Å². The van der Waals surface area contributed by atoms with Crippen LogP contribution in [0.2, 0.25) is 0 Å². The Hall–Kier alpha value is -3.49. The van der Waals surface area contributed by atoms with Crippen LogP contribution in [0.15, 0.2) is 30.9 Å². The predicted molar refractivity (Wildman–Crippen MR) is 123 cm³/mol. The summed E-state index contributed by atoms with van der Waals surface area (Å²) in [6.07, 6.45) is 3.89. The van der Waals surface area contributed by atoms with Crippen LogP contribution in [-0.4, -0.2) is 47.8 Å². The second-order valence-electron chi connectivity index (χ2n) is 10.1. The summed E-state index contributed by atoms with van der Waals surface area (Å²) in [5.74, 6) is 0. The van der Waals surface area contributed by atoms with Gasteiger partial charge in [-0.1, -0.05) is 0 Å². The molecule has 0 bridgehead atoms. The van der Waals surface area contributed by atoms with E-state index in [1.807, 2.05) is 60.6 Å². The zero-order valence-electron chi connectivity index (χ0n) is 20.0. The van der Waals surface area contributed by atoms with E-state index in [1.165, 1.54) is 10.9 Å². The molecule has 33 heavy (non-hydrogen) atoms. The number of amides is 1. The minimum atomic E-state index is -0.625. The number of rotatable bonds is 1. The van der Waals surface area contributed by atoms with Crippen molar-refractivity contribution in [3.63, 3.8) is 0 Å². The number of pyridine rings is 1. The lowest BCUT2D eigenvalue weighted by Gasteiger charge is -2.26. The van der Waals surface area contributed by atoms with Gasteiger partial charge in [-0.05, 0) is 60.6 Å². The van der Waals surface area contributed by atoms with E-state index in [0.29, 0.717) is 17.9 Å². The molecule has 1 atom stereocenters. The zero-order chi connectivity index (χ0) is 24.1. The van der Waals surface area contributed by atoms with Crippen molar-refractivity contribution in [1.82, 2.24) is 24.4 Å². The molecule has 1 aliphatic rings. The summed E-state index contributed by atoms with van der Waals surface area (Å²) in [5, 5.41) is 0.757. The fourth-order valence-electron chi connectivity index (χ4n) is 3.88. The standard InChI is InChI=1S/C24H29N5O4/c1-14-18-17(12-29(14)22(31)33-24(5,6)7)19(27-13-26-18)15-8-10-25-20-16(15)9-11-28(20)21(30)32-23(2,3)4/h8-11,13-14H,12H2,1-7H3. The number of hydrogen-bond acceptors (Lipinski definition) is 7. The lowest BCUT2D eigenvalue weighted by Crippen LogP contribution is -2.35. The van der Waals surface area contributed by atoms with Crippen molar-refractivity contribution in [1.29, 1.82) is 0 Å². The van der Waals surface area contributed by atoms with Gasteiger partial charge in [0.25, 0.3) is 0 Å². The highest BCUT2D eigenvalue weighted by molar-refractivity contribution is 5.97. The Morgan fingerprint density at radius 2 is 1.64 bits per heavy atom. The topological polar surface area (TPSA) is 99.4 Å². The molecule has 0 radical (unpaired) electrons. The first-order chi connectivity index (χ1) is 15.4. The lowest BCUT2D eigenvalue weighted by molar-refractivity contribution is 0.0185. The van der Waals surface area contributed by atoms with Crippen LogP contribution in [0.25, 0.3) is 22.3 Å². The number of hydrogen-bond donors (Lipinski definition) is 0. The quantitative estimate of drug-likeness (QED) is 0.508. The van der Waals surface area contributed by atoms with E-state index in [9.17, 15) is 9.59 Å². The van der Waals surface area contributed by atoms with E-state index in [2.05, 4.69) is 15.0 Å². The average Bonchev–Trinajstić information content (AvgIpc) is 3.27. The second-order valence-corrected chi connectivity index (χ2v) is 10.1. The van der Waals surface area contributed by atoms with E-state index in [-0.39, 0.29) is 6.04 Å². The molecule has 174 valence electrons. The molecule has 1 amide bonds. The maximum atomic E-state index is 12.8. The fourth-order valence-corrected chi connectivity index (χ4v) is 3.88. The first kappa shape index (κ1) is 22.7. The molecule has 0 N–H and O–H groups in total. The molecule has 0 saturated carbocycles. The third-order valence-electron chi connectivity index (χ3n) is 5.23. The number of carbonyl (C=O) groups excluding carboxylic acids is 2. The highest BCUT2D eigenvalue weighted by Gasteiger charge is 2.36. The van der Waals surface area contributed by atoms with Crippen molar-refractivity contribution in [2.45, 2.75) is 72.3 Å². The molecule has 0 saturated heterocycles. The molecular formula is C24H29N5O4. The maximum absolute atomic E-state index is 12.8. The summed E-state index contributed by atoms with van der Waals surface area (Å²) < 4.78 is 12.5. The van der Waals surface area contributed by atoms with Gasteiger partial charge in [0, 0.05) is 28.9 Å². The van der Waals surface area contributed by atoms with Crippen molar-refractivity contribution in [2.24, 2.45) is 0 Å². The summed E-state index contributed by atoms with van der Waals surface area (Å²) in [6, 6.07) is 3.42. The SMILES string of the molecule is CC1c2ncnc(-c3ccnc4c3ccn4C(=O)OC(C)(C)C)c2CN1C(=O)OC(C)(C)C. The van der Waals surface area contributed by atoms with Crippen LogP contribution in [0.3, 0.4) is 0 Å². The molecular weight excluding hydrogens is 422 g/mol. The molecule has 0 spiro atoms. The Labute approximate surface area is 192 Å². The number of carbonyl (C=O) groups is 2. The van der Waals surface area contributed by atoms with Crippen molar-refractivity contribution in [3.8, 4) is 11.3 Å². The van der Waals surface area contributed by atoms with Gasteiger partial charge in [-0.2, -0.15) is 0 Å². The largest absolute Gasteiger partial charge is 0.444 e. The van der Waals surface area contributed by atoms with Crippen molar-refractivity contribution >= 4 is 23.2 Å². The molecule has 9 heteroatoms. The van der Waals surface area contributed by atoms with Crippen LogP contribution < -0.4 is 0 Å². The molecule has 4 heterocycles. The number of aromatic nitrogens is 4. The summed E-state index contributed by atoms with van der Waals surface area (Å²) in [5.41, 5.74) is 2.40. The number of fused-ring (bicyclic) bond motifs is 2. The smallest absolute Gasteiger partial charge is 0.420 e. The molecule has 0 aromatic carbocycles. The van der Waals surface area contributed by atoms with Gasteiger partial charge in [0.1, 0.15) is 23.2 Å². The molecule has 1 aliphatic heterocycles. The molecule has 0 aliphatic carbocycles. The van der Waals surface area contributed by atoms with Gasteiger partial charge in [-0.25, -0.2) is 29.1 Å².